The van der Waals surface area contributed by atoms with Gasteiger partial charge < -0.3 is 10.2 Å². The number of nitro benzene ring substituents is 1. The average molecular weight is 408 g/mol. The zero-order valence-electron chi connectivity index (χ0n) is 15.7. The lowest BCUT2D eigenvalue weighted by Crippen LogP contribution is -2.28. The van der Waals surface area contributed by atoms with Crippen molar-refractivity contribution in [3.05, 3.63) is 75.3 Å². The largest absolute Gasteiger partial charge is 0.379 e. The van der Waals surface area contributed by atoms with Crippen molar-refractivity contribution in [2.24, 2.45) is 0 Å². The zero-order chi connectivity index (χ0) is 20.2. The van der Waals surface area contributed by atoms with Gasteiger partial charge in [0.15, 0.2) is 0 Å². The number of likely N-dealkylation sites (tertiary alicyclic amines) is 1. The first kappa shape index (κ1) is 19.1. The number of aromatic nitrogens is 1. The van der Waals surface area contributed by atoms with E-state index >= 15 is 0 Å². The van der Waals surface area contributed by atoms with E-state index in [9.17, 15) is 14.9 Å². The van der Waals surface area contributed by atoms with Crippen LogP contribution >= 0.6 is 11.3 Å². The van der Waals surface area contributed by atoms with Gasteiger partial charge in [-0.1, -0.05) is 30.3 Å². The lowest BCUT2D eigenvalue weighted by Gasteiger charge is -2.16. The van der Waals surface area contributed by atoms with Crippen molar-refractivity contribution in [1.29, 1.82) is 0 Å². The molecule has 0 radical (unpaired) electrons. The second-order valence-corrected chi connectivity index (χ2v) is 7.71. The van der Waals surface area contributed by atoms with E-state index in [-0.39, 0.29) is 17.2 Å². The summed E-state index contributed by atoms with van der Waals surface area (Å²) in [5.41, 5.74) is 2.57. The molecule has 7 nitrogen and oxygen atoms in total. The van der Waals surface area contributed by atoms with E-state index in [0.717, 1.165) is 29.1 Å². The predicted molar refractivity (Wildman–Crippen MR) is 113 cm³/mol. The first-order valence-corrected chi connectivity index (χ1v) is 10.3. The summed E-state index contributed by atoms with van der Waals surface area (Å²) in [6, 6.07) is 14.5. The first-order valence-electron chi connectivity index (χ1n) is 9.43. The molecule has 0 bridgehead atoms. The number of hydrogen-bond acceptors (Lipinski definition) is 6. The van der Waals surface area contributed by atoms with E-state index < -0.39 is 4.92 Å². The molecular formula is C21H20N4O3S. The lowest BCUT2D eigenvalue weighted by atomic mass is 10.1. The van der Waals surface area contributed by atoms with Crippen LogP contribution in [-0.4, -0.2) is 33.8 Å². The summed E-state index contributed by atoms with van der Waals surface area (Å²) in [7, 11) is 0. The monoisotopic (exact) mass is 408 g/mol. The SMILES string of the molecule is O=C(c1cc(NCc2csc(-c3ccccc3)n2)ccc1[N+](=O)[O-])N1CCCC1. The van der Waals surface area contributed by atoms with Crippen LogP contribution in [0, 0.1) is 10.1 Å². The predicted octanol–water partition coefficient (Wildman–Crippen LogP) is 4.57. The molecule has 0 unspecified atom stereocenters. The van der Waals surface area contributed by atoms with Crippen LogP contribution in [0.25, 0.3) is 10.6 Å². The number of carbonyl (C=O) groups is 1. The molecule has 1 aliphatic heterocycles. The topological polar surface area (TPSA) is 88.4 Å². The Morgan fingerprint density at radius 1 is 1.17 bits per heavy atom. The molecule has 2 aromatic carbocycles. The number of rotatable bonds is 6. The Hall–Kier alpha value is -3.26. The molecule has 2 heterocycles. The molecule has 4 rings (SSSR count). The highest BCUT2D eigenvalue weighted by atomic mass is 32.1. The Morgan fingerprint density at radius 3 is 2.66 bits per heavy atom. The van der Waals surface area contributed by atoms with Crippen molar-refractivity contribution in [2.45, 2.75) is 19.4 Å². The van der Waals surface area contributed by atoms with Crippen molar-refractivity contribution in [3.8, 4) is 10.6 Å². The molecule has 0 spiro atoms. The normalized spacial score (nSPS) is 13.4. The number of nitro groups is 1. The number of anilines is 1. The lowest BCUT2D eigenvalue weighted by molar-refractivity contribution is -0.385. The standard InChI is InChI=1S/C21H20N4O3S/c26-21(24-10-4-5-11-24)18-12-16(8-9-19(18)25(27)28)22-13-17-14-29-20(23-17)15-6-2-1-3-7-15/h1-3,6-9,12,14,22H,4-5,10-11,13H2. The van der Waals surface area contributed by atoms with Crippen LogP contribution in [0.3, 0.4) is 0 Å². The Labute approximate surface area is 172 Å². The Balaban J connectivity index is 1.50. The molecule has 3 aromatic rings. The van der Waals surface area contributed by atoms with Crippen LogP contribution in [-0.2, 0) is 6.54 Å². The summed E-state index contributed by atoms with van der Waals surface area (Å²) < 4.78 is 0. The van der Waals surface area contributed by atoms with Gasteiger partial charge in [-0.15, -0.1) is 11.3 Å². The number of benzene rings is 2. The van der Waals surface area contributed by atoms with Crippen molar-refractivity contribution >= 4 is 28.6 Å². The van der Waals surface area contributed by atoms with Gasteiger partial charge >= 0.3 is 0 Å². The summed E-state index contributed by atoms with van der Waals surface area (Å²) in [4.78, 5) is 29.9. The van der Waals surface area contributed by atoms with E-state index in [2.05, 4.69) is 10.3 Å². The van der Waals surface area contributed by atoms with Gasteiger partial charge in [0.1, 0.15) is 10.6 Å². The fourth-order valence-corrected chi connectivity index (χ4v) is 4.19. The number of hydrogen-bond donors (Lipinski definition) is 1. The van der Waals surface area contributed by atoms with Gasteiger partial charge in [0, 0.05) is 35.8 Å². The van der Waals surface area contributed by atoms with Gasteiger partial charge in [-0.3, -0.25) is 14.9 Å². The van der Waals surface area contributed by atoms with Gasteiger partial charge in [-0.2, -0.15) is 0 Å². The van der Waals surface area contributed by atoms with E-state index in [4.69, 9.17) is 0 Å². The molecule has 148 valence electrons. The van der Waals surface area contributed by atoms with Gasteiger partial charge in [0.05, 0.1) is 17.2 Å². The maximum atomic E-state index is 12.7. The molecule has 1 amide bonds. The molecule has 1 aliphatic rings. The number of amides is 1. The third kappa shape index (κ3) is 4.27. The fraction of sp³-hybridized carbons (Fsp3) is 0.238. The van der Waals surface area contributed by atoms with E-state index in [1.807, 2.05) is 35.7 Å². The third-order valence-electron chi connectivity index (χ3n) is 4.86. The maximum absolute atomic E-state index is 12.7. The van der Waals surface area contributed by atoms with Gasteiger partial charge in [-0.25, -0.2) is 4.98 Å². The molecular weight excluding hydrogens is 388 g/mol. The van der Waals surface area contributed by atoms with E-state index in [1.165, 1.54) is 6.07 Å². The van der Waals surface area contributed by atoms with Gasteiger partial charge in [0.2, 0.25) is 0 Å². The van der Waals surface area contributed by atoms with E-state index in [0.29, 0.717) is 25.3 Å². The molecule has 1 fully saturated rings. The van der Waals surface area contributed by atoms with E-state index in [1.54, 1.807) is 28.4 Å². The number of thiazole rings is 1. The summed E-state index contributed by atoms with van der Waals surface area (Å²) in [6.45, 7) is 1.77. The van der Waals surface area contributed by atoms with Crippen molar-refractivity contribution in [1.82, 2.24) is 9.88 Å². The van der Waals surface area contributed by atoms with Crippen molar-refractivity contribution < 1.29 is 9.72 Å². The van der Waals surface area contributed by atoms with Crippen LogP contribution in [0.15, 0.2) is 53.9 Å². The van der Waals surface area contributed by atoms with Crippen LogP contribution in [0.5, 0.6) is 0 Å². The molecule has 1 N–H and O–H groups in total. The Bertz CT molecular complexity index is 1030. The minimum atomic E-state index is -0.500. The summed E-state index contributed by atoms with van der Waals surface area (Å²) in [6.07, 6.45) is 1.87. The third-order valence-corrected chi connectivity index (χ3v) is 5.80. The number of nitrogens with zero attached hydrogens (tertiary/aromatic N) is 3. The van der Waals surface area contributed by atoms with Crippen LogP contribution in [0.4, 0.5) is 11.4 Å². The quantitative estimate of drug-likeness (QED) is 0.477. The number of carbonyl (C=O) groups excluding carboxylic acids is 1. The second kappa shape index (κ2) is 8.40. The van der Waals surface area contributed by atoms with Crippen molar-refractivity contribution in [2.75, 3.05) is 18.4 Å². The molecule has 1 aromatic heterocycles. The Kier molecular flexibility index (Phi) is 5.53. The molecule has 29 heavy (non-hydrogen) atoms. The molecule has 0 saturated carbocycles. The summed E-state index contributed by atoms with van der Waals surface area (Å²) >= 11 is 1.57. The van der Waals surface area contributed by atoms with Gasteiger partial charge in [0.25, 0.3) is 11.6 Å². The minimum absolute atomic E-state index is 0.130. The first-order chi connectivity index (χ1) is 14.1. The summed E-state index contributed by atoms with van der Waals surface area (Å²) in [5.74, 6) is -0.280. The summed E-state index contributed by atoms with van der Waals surface area (Å²) in [5, 5.41) is 17.5. The van der Waals surface area contributed by atoms with Crippen LogP contribution in [0.1, 0.15) is 28.9 Å². The smallest absolute Gasteiger partial charge is 0.282 e. The number of nitrogens with one attached hydrogen (secondary N) is 1. The highest BCUT2D eigenvalue weighted by Crippen LogP contribution is 2.27. The molecule has 0 aliphatic carbocycles. The minimum Gasteiger partial charge on any atom is -0.379 e. The zero-order valence-corrected chi connectivity index (χ0v) is 16.5. The fourth-order valence-electron chi connectivity index (χ4n) is 3.36. The Morgan fingerprint density at radius 2 is 1.93 bits per heavy atom. The van der Waals surface area contributed by atoms with Crippen molar-refractivity contribution in [3.63, 3.8) is 0 Å². The molecule has 0 atom stereocenters. The second-order valence-electron chi connectivity index (χ2n) is 6.85. The van der Waals surface area contributed by atoms with Crippen LogP contribution in [0.2, 0.25) is 0 Å². The maximum Gasteiger partial charge on any atom is 0.282 e. The van der Waals surface area contributed by atoms with Crippen LogP contribution < -0.4 is 5.32 Å². The average Bonchev–Trinajstić information content (AvgIpc) is 3.44. The van der Waals surface area contributed by atoms with Gasteiger partial charge in [-0.05, 0) is 25.0 Å². The highest BCUT2D eigenvalue weighted by molar-refractivity contribution is 7.13. The highest BCUT2D eigenvalue weighted by Gasteiger charge is 2.26. The molecule has 1 saturated heterocycles. The molecule has 8 heteroatoms.